The van der Waals surface area contributed by atoms with Gasteiger partial charge in [0.05, 0.1) is 0 Å². The number of nitrogens with zero attached hydrogens (tertiary/aromatic N) is 3. The minimum Gasteiger partial charge on any atom is -0.352 e. The molecule has 0 aromatic carbocycles. The lowest BCUT2D eigenvalue weighted by molar-refractivity contribution is 0.366. The van der Waals surface area contributed by atoms with Crippen LogP contribution in [-0.2, 0) is 6.42 Å². The maximum absolute atomic E-state index is 4.71. The Morgan fingerprint density at radius 3 is 2.86 bits per heavy atom. The van der Waals surface area contributed by atoms with Crippen molar-refractivity contribution in [1.29, 1.82) is 0 Å². The summed E-state index contributed by atoms with van der Waals surface area (Å²) >= 11 is 0. The molecule has 4 nitrogen and oxygen atoms in total. The normalized spacial score (nSPS) is 20.6. The van der Waals surface area contributed by atoms with Gasteiger partial charge < -0.3 is 10.2 Å². The van der Waals surface area contributed by atoms with Gasteiger partial charge in [0, 0.05) is 30.4 Å². The molecule has 1 saturated heterocycles. The lowest BCUT2D eigenvalue weighted by Gasteiger charge is -2.40. The third kappa shape index (κ3) is 4.16. The summed E-state index contributed by atoms with van der Waals surface area (Å²) in [4.78, 5) is 11.7. The number of hydrogen-bond acceptors (Lipinski definition) is 4. The molecule has 4 heteroatoms. The number of nitrogens with one attached hydrogen (secondary N) is 1. The molecule has 1 aliphatic heterocycles. The van der Waals surface area contributed by atoms with Crippen LogP contribution in [0.25, 0.3) is 0 Å². The van der Waals surface area contributed by atoms with Crippen molar-refractivity contribution in [1.82, 2.24) is 15.3 Å². The van der Waals surface area contributed by atoms with E-state index in [1.54, 1.807) is 0 Å². The van der Waals surface area contributed by atoms with Crippen molar-refractivity contribution in [2.45, 2.75) is 71.9 Å². The van der Waals surface area contributed by atoms with Gasteiger partial charge in [-0.15, -0.1) is 0 Å². The van der Waals surface area contributed by atoms with E-state index in [9.17, 15) is 0 Å². The van der Waals surface area contributed by atoms with Crippen LogP contribution < -0.4 is 10.2 Å². The Morgan fingerprint density at radius 2 is 2.14 bits per heavy atom. The Bertz CT molecular complexity index is 446. The number of rotatable bonds is 6. The highest BCUT2D eigenvalue weighted by atomic mass is 15.2. The molecule has 1 aromatic heterocycles. The Hall–Kier alpha value is -1.16. The van der Waals surface area contributed by atoms with Gasteiger partial charge in [-0.25, -0.2) is 9.97 Å². The van der Waals surface area contributed by atoms with Crippen molar-refractivity contribution in [3.05, 3.63) is 17.6 Å². The van der Waals surface area contributed by atoms with E-state index in [-0.39, 0.29) is 0 Å². The van der Waals surface area contributed by atoms with Gasteiger partial charge >= 0.3 is 0 Å². The molecule has 0 aliphatic carbocycles. The predicted molar refractivity (Wildman–Crippen MR) is 88.9 cm³/mol. The second kappa shape index (κ2) is 7.74. The summed E-state index contributed by atoms with van der Waals surface area (Å²) in [6.45, 7) is 10.9. The van der Waals surface area contributed by atoms with Crippen LogP contribution in [0.5, 0.6) is 0 Å². The van der Waals surface area contributed by atoms with E-state index in [0.717, 1.165) is 36.8 Å². The highest BCUT2D eigenvalue weighted by Crippen LogP contribution is 2.26. The Balaban J connectivity index is 2.19. The molecule has 2 rings (SSSR count). The van der Waals surface area contributed by atoms with Gasteiger partial charge in [0.25, 0.3) is 0 Å². The summed E-state index contributed by atoms with van der Waals surface area (Å²) in [5.41, 5.74) is 1.15. The van der Waals surface area contributed by atoms with Crippen LogP contribution in [0.1, 0.15) is 58.0 Å². The van der Waals surface area contributed by atoms with Crippen LogP contribution in [0.15, 0.2) is 6.07 Å². The second-order valence-electron chi connectivity index (χ2n) is 6.12. The molecule has 0 radical (unpaired) electrons. The molecule has 0 spiro atoms. The molecule has 0 saturated carbocycles. The molecule has 0 bridgehead atoms. The first-order valence-corrected chi connectivity index (χ1v) is 8.50. The van der Waals surface area contributed by atoms with Gasteiger partial charge in [0.15, 0.2) is 0 Å². The Kier molecular flexibility index (Phi) is 5.97. The summed E-state index contributed by atoms with van der Waals surface area (Å²) in [7, 11) is 0. The van der Waals surface area contributed by atoms with Gasteiger partial charge in [0.2, 0.25) is 0 Å². The number of aromatic nitrogens is 2. The molecule has 21 heavy (non-hydrogen) atoms. The molecule has 1 aromatic rings. The third-order valence-electron chi connectivity index (χ3n) is 4.38. The van der Waals surface area contributed by atoms with Gasteiger partial charge in [-0.3, -0.25) is 0 Å². The molecule has 0 amide bonds. The molecule has 1 N–H and O–H groups in total. The molecule has 2 atom stereocenters. The molecule has 118 valence electrons. The Morgan fingerprint density at radius 1 is 1.33 bits per heavy atom. The molecule has 1 fully saturated rings. The van der Waals surface area contributed by atoms with E-state index in [1.807, 2.05) is 6.92 Å². The van der Waals surface area contributed by atoms with Crippen LogP contribution in [-0.4, -0.2) is 35.1 Å². The molecular formula is C17H30N4. The van der Waals surface area contributed by atoms with Crippen molar-refractivity contribution in [2.24, 2.45) is 0 Å². The van der Waals surface area contributed by atoms with Gasteiger partial charge in [-0.1, -0.05) is 13.8 Å². The van der Waals surface area contributed by atoms with E-state index in [4.69, 9.17) is 4.98 Å². The maximum Gasteiger partial charge on any atom is 0.132 e. The number of aryl methyl sites for hydroxylation is 2. The van der Waals surface area contributed by atoms with Crippen molar-refractivity contribution < 1.29 is 0 Å². The largest absolute Gasteiger partial charge is 0.352 e. The van der Waals surface area contributed by atoms with Gasteiger partial charge in [-0.05, 0) is 52.5 Å². The zero-order chi connectivity index (χ0) is 15.2. The first kappa shape index (κ1) is 16.2. The molecule has 2 heterocycles. The smallest absolute Gasteiger partial charge is 0.132 e. The lowest BCUT2D eigenvalue weighted by atomic mass is 9.96. The fourth-order valence-corrected chi connectivity index (χ4v) is 3.21. The van der Waals surface area contributed by atoms with Crippen molar-refractivity contribution >= 4 is 5.82 Å². The van der Waals surface area contributed by atoms with E-state index < -0.39 is 0 Å². The van der Waals surface area contributed by atoms with Crippen molar-refractivity contribution in [2.75, 3.05) is 18.0 Å². The summed E-state index contributed by atoms with van der Waals surface area (Å²) in [5.74, 6) is 2.01. The van der Waals surface area contributed by atoms with Crippen LogP contribution in [0.2, 0.25) is 0 Å². The fraction of sp³-hybridized carbons (Fsp3) is 0.765. The average Bonchev–Trinajstić information content (AvgIpc) is 2.51. The minimum absolute atomic E-state index is 0.505. The SMILES string of the molecule is CCCNC(C)C1CCCCN1c1cc(CC)nc(C)n1. The van der Waals surface area contributed by atoms with Crippen molar-refractivity contribution in [3.63, 3.8) is 0 Å². The maximum atomic E-state index is 4.71. The van der Waals surface area contributed by atoms with E-state index in [1.165, 1.54) is 25.7 Å². The fourth-order valence-electron chi connectivity index (χ4n) is 3.21. The summed E-state index contributed by atoms with van der Waals surface area (Å²) in [5, 5.41) is 3.66. The third-order valence-corrected chi connectivity index (χ3v) is 4.38. The summed E-state index contributed by atoms with van der Waals surface area (Å²) < 4.78 is 0. The van der Waals surface area contributed by atoms with E-state index in [2.05, 4.69) is 42.0 Å². The van der Waals surface area contributed by atoms with E-state index in [0.29, 0.717) is 12.1 Å². The van der Waals surface area contributed by atoms with Crippen LogP contribution >= 0.6 is 0 Å². The van der Waals surface area contributed by atoms with Crippen LogP contribution in [0.4, 0.5) is 5.82 Å². The monoisotopic (exact) mass is 290 g/mol. The number of anilines is 1. The summed E-state index contributed by atoms with van der Waals surface area (Å²) in [6.07, 6.45) is 6.00. The quantitative estimate of drug-likeness (QED) is 0.874. The van der Waals surface area contributed by atoms with Crippen LogP contribution in [0.3, 0.4) is 0 Å². The number of piperidine rings is 1. The zero-order valence-electron chi connectivity index (χ0n) is 14.0. The molecular weight excluding hydrogens is 260 g/mol. The molecule has 1 aliphatic rings. The predicted octanol–water partition coefficient (Wildman–Crippen LogP) is 3.09. The Labute approximate surface area is 129 Å². The first-order valence-electron chi connectivity index (χ1n) is 8.50. The standard InChI is InChI=1S/C17H30N4/c1-5-10-18-13(3)16-9-7-8-11-21(16)17-12-15(6-2)19-14(4)20-17/h12-13,16,18H,5-11H2,1-4H3. The molecule has 2 unspecified atom stereocenters. The van der Waals surface area contributed by atoms with E-state index >= 15 is 0 Å². The highest BCUT2D eigenvalue weighted by Gasteiger charge is 2.28. The zero-order valence-corrected chi connectivity index (χ0v) is 14.0. The van der Waals surface area contributed by atoms with Gasteiger partial charge in [0.1, 0.15) is 11.6 Å². The highest BCUT2D eigenvalue weighted by molar-refractivity contribution is 5.42. The van der Waals surface area contributed by atoms with Crippen molar-refractivity contribution in [3.8, 4) is 0 Å². The average molecular weight is 290 g/mol. The summed E-state index contributed by atoms with van der Waals surface area (Å²) in [6, 6.07) is 3.23. The topological polar surface area (TPSA) is 41.0 Å². The second-order valence-corrected chi connectivity index (χ2v) is 6.12. The minimum atomic E-state index is 0.505. The number of hydrogen-bond donors (Lipinski definition) is 1. The lowest BCUT2D eigenvalue weighted by Crippen LogP contribution is -2.51. The van der Waals surface area contributed by atoms with Gasteiger partial charge in [-0.2, -0.15) is 0 Å². The first-order chi connectivity index (χ1) is 10.2. The van der Waals surface area contributed by atoms with Crippen LogP contribution in [0, 0.1) is 6.92 Å².